The zero-order valence-corrected chi connectivity index (χ0v) is 11.5. The quantitative estimate of drug-likeness (QED) is 0.493. The van der Waals surface area contributed by atoms with Crippen LogP contribution < -0.4 is 11.1 Å². The fourth-order valence-corrected chi connectivity index (χ4v) is 1.68. The van der Waals surface area contributed by atoms with Crippen LogP contribution in [-0.4, -0.2) is 29.4 Å². The molecule has 1 aromatic rings. The number of nitrogens with two attached hydrogens (primary N) is 1. The lowest BCUT2D eigenvalue weighted by Crippen LogP contribution is -2.24. The number of carboxylic acid groups (broad SMARTS) is 1. The molecule has 0 atom stereocenters. The smallest absolute Gasteiger partial charge is 0.328 e. The summed E-state index contributed by atoms with van der Waals surface area (Å²) in [6.07, 6.45) is 4.06. The highest BCUT2D eigenvalue weighted by molar-refractivity contribution is 5.95. The summed E-state index contributed by atoms with van der Waals surface area (Å²) in [4.78, 5) is 32.9. The van der Waals surface area contributed by atoms with E-state index in [1.54, 1.807) is 24.3 Å². The van der Waals surface area contributed by atoms with Crippen LogP contribution in [0.3, 0.4) is 0 Å². The van der Waals surface area contributed by atoms with Crippen LogP contribution in [0.1, 0.15) is 35.2 Å². The van der Waals surface area contributed by atoms with Gasteiger partial charge >= 0.3 is 5.97 Å². The van der Waals surface area contributed by atoms with Crippen molar-refractivity contribution in [2.75, 3.05) is 6.54 Å². The van der Waals surface area contributed by atoms with Gasteiger partial charge in [-0.15, -0.1) is 0 Å². The topological polar surface area (TPSA) is 109 Å². The van der Waals surface area contributed by atoms with E-state index in [0.29, 0.717) is 36.9 Å². The summed E-state index contributed by atoms with van der Waals surface area (Å²) >= 11 is 0. The minimum Gasteiger partial charge on any atom is -0.478 e. The van der Waals surface area contributed by atoms with E-state index in [9.17, 15) is 14.4 Å². The minimum absolute atomic E-state index is 0.236. The zero-order chi connectivity index (χ0) is 15.7. The molecule has 0 fully saturated rings. The molecule has 0 aliphatic rings. The lowest BCUT2D eigenvalue weighted by molar-refractivity contribution is -0.131. The molecule has 21 heavy (non-hydrogen) atoms. The maximum atomic E-state index is 11.9. The summed E-state index contributed by atoms with van der Waals surface area (Å²) in [5.41, 5.74) is 6.11. The molecule has 2 amide bonds. The molecule has 4 N–H and O–H groups in total. The Morgan fingerprint density at radius 1 is 1.24 bits per heavy atom. The van der Waals surface area contributed by atoms with Crippen molar-refractivity contribution in [1.29, 1.82) is 0 Å². The van der Waals surface area contributed by atoms with Gasteiger partial charge in [-0.3, -0.25) is 9.59 Å². The van der Waals surface area contributed by atoms with Crippen LogP contribution in [0.15, 0.2) is 30.3 Å². The first kappa shape index (κ1) is 16.4. The molecule has 0 spiro atoms. The first-order valence-corrected chi connectivity index (χ1v) is 6.56. The van der Waals surface area contributed by atoms with Gasteiger partial charge in [0.1, 0.15) is 0 Å². The van der Waals surface area contributed by atoms with E-state index in [4.69, 9.17) is 10.8 Å². The molecule has 0 radical (unpaired) electrons. The number of hydrogen-bond donors (Lipinski definition) is 3. The summed E-state index contributed by atoms with van der Waals surface area (Å²) in [6.45, 7) is 0.460. The van der Waals surface area contributed by atoms with Crippen molar-refractivity contribution in [3.05, 3.63) is 41.5 Å². The molecule has 0 bridgehead atoms. The van der Waals surface area contributed by atoms with Crippen LogP contribution in [0.4, 0.5) is 0 Å². The molecule has 6 heteroatoms. The van der Waals surface area contributed by atoms with Gasteiger partial charge in [-0.05, 0) is 36.6 Å². The third-order valence-electron chi connectivity index (χ3n) is 2.70. The minimum atomic E-state index is -1.04. The van der Waals surface area contributed by atoms with E-state index >= 15 is 0 Å². The highest BCUT2D eigenvalue weighted by atomic mass is 16.4. The Balaban J connectivity index is 2.48. The van der Waals surface area contributed by atoms with Crippen molar-refractivity contribution in [2.45, 2.75) is 19.3 Å². The second-order valence-electron chi connectivity index (χ2n) is 4.48. The van der Waals surface area contributed by atoms with E-state index in [2.05, 4.69) is 5.32 Å². The Bertz CT molecular complexity index is 552. The molecule has 0 saturated carbocycles. The number of rotatable bonds is 8. The van der Waals surface area contributed by atoms with Crippen LogP contribution in [0.5, 0.6) is 0 Å². The van der Waals surface area contributed by atoms with Gasteiger partial charge in [0.05, 0.1) is 0 Å². The third-order valence-corrected chi connectivity index (χ3v) is 2.70. The maximum Gasteiger partial charge on any atom is 0.328 e. The molecule has 1 rings (SSSR count). The van der Waals surface area contributed by atoms with E-state index < -0.39 is 5.97 Å². The Morgan fingerprint density at radius 2 is 2.00 bits per heavy atom. The molecule has 0 heterocycles. The average Bonchev–Trinajstić information content (AvgIpc) is 2.44. The highest BCUT2D eigenvalue weighted by Crippen LogP contribution is 2.07. The van der Waals surface area contributed by atoms with E-state index in [1.165, 1.54) is 6.08 Å². The number of benzene rings is 1. The van der Waals surface area contributed by atoms with E-state index in [1.807, 2.05) is 0 Å². The summed E-state index contributed by atoms with van der Waals surface area (Å²) in [5.74, 6) is -1.63. The second-order valence-corrected chi connectivity index (χ2v) is 4.48. The summed E-state index contributed by atoms with van der Waals surface area (Å²) in [6, 6.07) is 6.65. The second kappa shape index (κ2) is 8.52. The van der Waals surface area contributed by atoms with Gasteiger partial charge < -0.3 is 16.2 Å². The zero-order valence-electron chi connectivity index (χ0n) is 11.5. The fourth-order valence-electron chi connectivity index (χ4n) is 1.68. The van der Waals surface area contributed by atoms with Crippen LogP contribution in [0, 0.1) is 0 Å². The molecule has 0 aromatic heterocycles. The maximum absolute atomic E-state index is 11.9. The summed E-state index contributed by atoms with van der Waals surface area (Å²) in [5, 5.41) is 11.3. The number of primary amides is 1. The Kier molecular flexibility index (Phi) is 6.67. The normalized spacial score (nSPS) is 10.5. The van der Waals surface area contributed by atoms with Crippen molar-refractivity contribution in [3.8, 4) is 0 Å². The third kappa shape index (κ3) is 6.91. The Morgan fingerprint density at radius 3 is 2.67 bits per heavy atom. The van der Waals surface area contributed by atoms with Gasteiger partial charge in [-0.25, -0.2) is 4.79 Å². The number of carbonyl (C=O) groups excluding carboxylic acids is 2. The number of carboxylic acids is 1. The van der Waals surface area contributed by atoms with Crippen LogP contribution in [0.2, 0.25) is 0 Å². The van der Waals surface area contributed by atoms with E-state index in [0.717, 1.165) is 6.08 Å². The largest absolute Gasteiger partial charge is 0.478 e. The molecule has 0 aliphatic carbocycles. The van der Waals surface area contributed by atoms with Gasteiger partial charge in [0.25, 0.3) is 5.91 Å². The van der Waals surface area contributed by atoms with Gasteiger partial charge in [0.15, 0.2) is 0 Å². The highest BCUT2D eigenvalue weighted by Gasteiger charge is 2.05. The van der Waals surface area contributed by atoms with Gasteiger partial charge in [-0.1, -0.05) is 12.1 Å². The van der Waals surface area contributed by atoms with E-state index in [-0.39, 0.29) is 11.8 Å². The molecule has 0 aliphatic heterocycles. The standard InChI is InChI=1S/C15H18N2O4/c16-13(18)6-1-2-9-17-15(21)12-5-3-4-11(10-12)7-8-14(19)20/h3-5,7-8,10H,1-2,6,9H2,(H2,16,18)(H,17,21)(H,19,20)/b8-7+. The first-order chi connectivity index (χ1) is 9.99. The van der Waals surface area contributed by atoms with Gasteiger partial charge in [0.2, 0.25) is 5.91 Å². The van der Waals surface area contributed by atoms with Crippen LogP contribution in [-0.2, 0) is 9.59 Å². The number of hydrogen-bond acceptors (Lipinski definition) is 3. The molecule has 112 valence electrons. The lowest BCUT2D eigenvalue weighted by atomic mass is 10.1. The van der Waals surface area contributed by atoms with Crippen LogP contribution in [0.25, 0.3) is 6.08 Å². The Labute approximate surface area is 122 Å². The van der Waals surface area contributed by atoms with Crippen molar-refractivity contribution in [3.63, 3.8) is 0 Å². The van der Waals surface area contributed by atoms with Gasteiger partial charge in [0, 0.05) is 24.6 Å². The number of unbranched alkanes of at least 4 members (excludes halogenated alkanes) is 1. The molecule has 0 saturated heterocycles. The monoisotopic (exact) mass is 290 g/mol. The fraction of sp³-hybridized carbons (Fsp3) is 0.267. The predicted molar refractivity (Wildman–Crippen MR) is 78.5 cm³/mol. The molecule has 1 aromatic carbocycles. The average molecular weight is 290 g/mol. The van der Waals surface area contributed by atoms with Gasteiger partial charge in [-0.2, -0.15) is 0 Å². The number of amides is 2. The van der Waals surface area contributed by atoms with Crippen molar-refractivity contribution < 1.29 is 19.5 Å². The Hall–Kier alpha value is -2.63. The summed E-state index contributed by atoms with van der Waals surface area (Å²) in [7, 11) is 0. The predicted octanol–water partition coefficient (Wildman–Crippen LogP) is 1.17. The van der Waals surface area contributed by atoms with Crippen LogP contribution >= 0.6 is 0 Å². The summed E-state index contributed by atoms with van der Waals surface area (Å²) < 4.78 is 0. The molecular formula is C15H18N2O4. The number of nitrogens with one attached hydrogen (secondary N) is 1. The molecule has 6 nitrogen and oxygen atoms in total. The first-order valence-electron chi connectivity index (χ1n) is 6.56. The SMILES string of the molecule is NC(=O)CCCCNC(=O)c1cccc(/C=C/C(=O)O)c1. The molecular weight excluding hydrogens is 272 g/mol. The van der Waals surface area contributed by atoms with Crippen molar-refractivity contribution in [2.24, 2.45) is 5.73 Å². The number of carbonyl (C=O) groups is 3. The van der Waals surface area contributed by atoms with Crippen molar-refractivity contribution >= 4 is 23.9 Å². The number of aliphatic carboxylic acids is 1. The lowest BCUT2D eigenvalue weighted by Gasteiger charge is -2.05. The van der Waals surface area contributed by atoms with Crippen molar-refractivity contribution in [1.82, 2.24) is 5.32 Å². The molecule has 0 unspecified atom stereocenters.